The van der Waals surface area contributed by atoms with Gasteiger partial charge < -0.3 is 9.72 Å². The summed E-state index contributed by atoms with van der Waals surface area (Å²) >= 11 is 0. The molecule has 112 valence electrons. The van der Waals surface area contributed by atoms with E-state index in [2.05, 4.69) is 15.3 Å². The highest BCUT2D eigenvalue weighted by Crippen LogP contribution is 2.15. The molecule has 0 radical (unpaired) electrons. The third-order valence-corrected chi connectivity index (χ3v) is 3.25. The van der Waals surface area contributed by atoms with Gasteiger partial charge in [0.2, 0.25) is 0 Å². The number of methoxy groups -OCH3 is 1. The van der Waals surface area contributed by atoms with Gasteiger partial charge in [-0.3, -0.25) is 14.9 Å². The zero-order chi connectivity index (χ0) is 15.4. The normalized spacial score (nSPS) is 14.2. The summed E-state index contributed by atoms with van der Waals surface area (Å²) in [6.45, 7) is 9.21. The summed E-state index contributed by atoms with van der Waals surface area (Å²) in [4.78, 5) is 30.7. The summed E-state index contributed by atoms with van der Waals surface area (Å²) in [6, 6.07) is -0.756. The summed E-state index contributed by atoms with van der Waals surface area (Å²) in [7, 11) is 1.36. The molecule has 0 aliphatic rings. The SMILES string of the molecule is COC(=O)C(NC(C)c1c(C)nc(C)[nH]c1=O)C(C)C. The van der Waals surface area contributed by atoms with E-state index in [4.69, 9.17) is 4.74 Å². The minimum atomic E-state index is -0.463. The van der Waals surface area contributed by atoms with Crippen LogP contribution in [0, 0.1) is 19.8 Å². The van der Waals surface area contributed by atoms with Crippen molar-refractivity contribution >= 4 is 5.97 Å². The molecule has 0 saturated carbocycles. The number of esters is 1. The van der Waals surface area contributed by atoms with E-state index in [1.54, 1.807) is 13.8 Å². The van der Waals surface area contributed by atoms with Crippen LogP contribution in [0.15, 0.2) is 4.79 Å². The molecule has 0 aliphatic heterocycles. The molecule has 1 aromatic heterocycles. The first-order chi connectivity index (χ1) is 9.27. The number of carbonyl (C=O) groups excluding carboxylic acids is 1. The zero-order valence-corrected chi connectivity index (χ0v) is 12.9. The van der Waals surface area contributed by atoms with Crippen LogP contribution in [-0.2, 0) is 9.53 Å². The molecule has 1 rings (SSSR count). The van der Waals surface area contributed by atoms with E-state index < -0.39 is 6.04 Å². The Morgan fingerprint density at radius 2 is 1.90 bits per heavy atom. The molecule has 0 bridgehead atoms. The molecule has 0 aliphatic carbocycles. The van der Waals surface area contributed by atoms with E-state index in [1.165, 1.54) is 7.11 Å². The van der Waals surface area contributed by atoms with Gasteiger partial charge in [-0.2, -0.15) is 0 Å². The monoisotopic (exact) mass is 281 g/mol. The quantitative estimate of drug-likeness (QED) is 0.793. The Labute approximate surface area is 119 Å². The molecule has 20 heavy (non-hydrogen) atoms. The lowest BCUT2D eigenvalue weighted by Crippen LogP contribution is -2.44. The summed E-state index contributed by atoms with van der Waals surface area (Å²) in [6.07, 6.45) is 0. The second-order valence-electron chi connectivity index (χ2n) is 5.28. The van der Waals surface area contributed by atoms with Gasteiger partial charge in [-0.15, -0.1) is 0 Å². The lowest BCUT2D eigenvalue weighted by atomic mass is 10.0. The Morgan fingerprint density at radius 1 is 1.30 bits per heavy atom. The van der Waals surface area contributed by atoms with Crippen molar-refractivity contribution in [3.8, 4) is 0 Å². The van der Waals surface area contributed by atoms with Gasteiger partial charge >= 0.3 is 5.97 Å². The number of hydrogen-bond acceptors (Lipinski definition) is 5. The Bertz CT molecular complexity index is 537. The van der Waals surface area contributed by atoms with Gasteiger partial charge in [-0.1, -0.05) is 13.8 Å². The Balaban J connectivity index is 3.04. The summed E-state index contributed by atoms with van der Waals surface area (Å²) < 4.78 is 4.79. The Morgan fingerprint density at radius 3 is 2.35 bits per heavy atom. The zero-order valence-electron chi connectivity index (χ0n) is 12.9. The van der Waals surface area contributed by atoms with Crippen molar-refractivity contribution in [1.29, 1.82) is 0 Å². The van der Waals surface area contributed by atoms with Crippen LogP contribution in [0.5, 0.6) is 0 Å². The lowest BCUT2D eigenvalue weighted by molar-refractivity contribution is -0.144. The minimum absolute atomic E-state index is 0.0581. The van der Waals surface area contributed by atoms with Crippen molar-refractivity contribution < 1.29 is 9.53 Å². The van der Waals surface area contributed by atoms with Gasteiger partial charge in [0, 0.05) is 11.7 Å². The number of aromatic amines is 1. The average Bonchev–Trinajstić information content (AvgIpc) is 2.33. The average molecular weight is 281 g/mol. The molecule has 2 N–H and O–H groups in total. The van der Waals surface area contributed by atoms with Crippen LogP contribution >= 0.6 is 0 Å². The van der Waals surface area contributed by atoms with Crippen LogP contribution in [-0.4, -0.2) is 29.1 Å². The summed E-state index contributed by atoms with van der Waals surface area (Å²) in [5.41, 5.74) is 1.03. The molecule has 1 aromatic rings. The highest BCUT2D eigenvalue weighted by atomic mass is 16.5. The number of ether oxygens (including phenoxy) is 1. The maximum Gasteiger partial charge on any atom is 0.323 e. The lowest BCUT2D eigenvalue weighted by Gasteiger charge is -2.24. The van der Waals surface area contributed by atoms with Gasteiger partial charge in [0.1, 0.15) is 11.9 Å². The fourth-order valence-electron chi connectivity index (χ4n) is 2.26. The van der Waals surface area contributed by atoms with E-state index in [-0.39, 0.29) is 23.5 Å². The smallest absolute Gasteiger partial charge is 0.323 e. The predicted molar refractivity (Wildman–Crippen MR) is 76.5 cm³/mol. The molecule has 0 saturated heterocycles. The van der Waals surface area contributed by atoms with Crippen molar-refractivity contribution in [3.63, 3.8) is 0 Å². The molecule has 0 fully saturated rings. The van der Waals surface area contributed by atoms with Gasteiger partial charge in [0.15, 0.2) is 0 Å². The molecule has 0 amide bonds. The van der Waals surface area contributed by atoms with Crippen molar-refractivity contribution in [2.75, 3.05) is 7.11 Å². The molecule has 6 heteroatoms. The molecule has 2 unspecified atom stereocenters. The fourth-order valence-corrected chi connectivity index (χ4v) is 2.26. The number of nitrogens with zero attached hydrogens (tertiary/aromatic N) is 1. The molecule has 1 heterocycles. The first-order valence-electron chi connectivity index (χ1n) is 6.69. The van der Waals surface area contributed by atoms with Crippen LogP contribution in [0.4, 0.5) is 0 Å². The third kappa shape index (κ3) is 3.66. The Kier molecular flexibility index (Phi) is 5.44. The largest absolute Gasteiger partial charge is 0.468 e. The first-order valence-corrected chi connectivity index (χ1v) is 6.69. The number of nitrogens with one attached hydrogen (secondary N) is 2. The maximum atomic E-state index is 12.0. The number of aromatic nitrogens is 2. The molecule has 2 atom stereocenters. The number of H-pyrrole nitrogens is 1. The Hall–Kier alpha value is -1.69. The first kappa shape index (κ1) is 16.4. The van der Waals surface area contributed by atoms with E-state index >= 15 is 0 Å². The molecular weight excluding hydrogens is 258 g/mol. The standard InChI is InChI=1S/C14H23N3O3/c1-7(2)12(14(19)20-6)16-9(4)11-8(3)15-10(5)17-13(11)18/h7,9,12,16H,1-6H3,(H,15,17,18). The van der Waals surface area contributed by atoms with Crippen LogP contribution in [0.1, 0.15) is 43.9 Å². The molecular formula is C14H23N3O3. The highest BCUT2D eigenvalue weighted by Gasteiger charge is 2.26. The van der Waals surface area contributed by atoms with Crippen molar-refractivity contribution in [2.24, 2.45) is 5.92 Å². The summed E-state index contributed by atoms with van der Waals surface area (Å²) in [5.74, 6) is 0.306. The molecule has 0 aromatic carbocycles. The maximum absolute atomic E-state index is 12.0. The van der Waals surface area contributed by atoms with Crippen LogP contribution in [0.25, 0.3) is 0 Å². The van der Waals surface area contributed by atoms with E-state index in [0.29, 0.717) is 17.1 Å². The van der Waals surface area contributed by atoms with Crippen molar-refractivity contribution in [2.45, 2.75) is 46.7 Å². The number of rotatable bonds is 5. The van der Waals surface area contributed by atoms with Gasteiger partial charge in [-0.05, 0) is 26.7 Å². The highest BCUT2D eigenvalue weighted by molar-refractivity contribution is 5.76. The third-order valence-electron chi connectivity index (χ3n) is 3.25. The number of carbonyl (C=O) groups is 1. The van der Waals surface area contributed by atoms with Gasteiger partial charge in [0.25, 0.3) is 5.56 Å². The topological polar surface area (TPSA) is 84.1 Å². The van der Waals surface area contributed by atoms with Crippen molar-refractivity contribution in [3.05, 3.63) is 27.4 Å². The predicted octanol–water partition coefficient (Wildman–Crippen LogP) is 1.23. The number of aryl methyl sites for hydroxylation is 2. The van der Waals surface area contributed by atoms with Gasteiger partial charge in [0.05, 0.1) is 12.7 Å². The second kappa shape index (κ2) is 6.65. The second-order valence-corrected chi connectivity index (χ2v) is 5.28. The molecule has 6 nitrogen and oxygen atoms in total. The fraction of sp³-hybridized carbons (Fsp3) is 0.643. The van der Waals surface area contributed by atoms with E-state index in [0.717, 1.165) is 0 Å². The minimum Gasteiger partial charge on any atom is -0.468 e. The molecule has 0 spiro atoms. The van der Waals surface area contributed by atoms with Crippen LogP contribution < -0.4 is 10.9 Å². The summed E-state index contributed by atoms with van der Waals surface area (Å²) in [5, 5.41) is 3.15. The van der Waals surface area contributed by atoms with Gasteiger partial charge in [-0.25, -0.2) is 4.98 Å². The van der Waals surface area contributed by atoms with E-state index in [9.17, 15) is 9.59 Å². The van der Waals surface area contributed by atoms with Crippen LogP contribution in [0.3, 0.4) is 0 Å². The van der Waals surface area contributed by atoms with E-state index in [1.807, 2.05) is 20.8 Å². The van der Waals surface area contributed by atoms with Crippen molar-refractivity contribution in [1.82, 2.24) is 15.3 Å². The van der Waals surface area contributed by atoms with Crippen LogP contribution in [0.2, 0.25) is 0 Å². The number of hydrogen-bond donors (Lipinski definition) is 2.